The Morgan fingerprint density at radius 1 is 0.871 bits per heavy atom. The van der Waals surface area contributed by atoms with Crippen LogP contribution in [0.5, 0.6) is 0 Å². The summed E-state index contributed by atoms with van der Waals surface area (Å²) < 4.78 is 53.2. The Bertz CT molecular complexity index is 646. The quantitative estimate of drug-likeness (QED) is 0.384. The minimum Gasteiger partial charge on any atom is -0.379 e. The van der Waals surface area contributed by atoms with Gasteiger partial charge in [0, 0.05) is 43.6 Å². The van der Waals surface area contributed by atoms with Gasteiger partial charge in [0.2, 0.25) is 0 Å². The lowest BCUT2D eigenvalue weighted by molar-refractivity contribution is -0.0795. The predicted octanol–water partition coefficient (Wildman–Crippen LogP) is 5.05. The molecule has 1 aromatic carbocycles. The van der Waals surface area contributed by atoms with Gasteiger partial charge in [0.25, 0.3) is 0 Å². The van der Waals surface area contributed by atoms with Gasteiger partial charge in [0.1, 0.15) is 36.1 Å². The van der Waals surface area contributed by atoms with E-state index in [4.69, 9.17) is 24.7 Å². The van der Waals surface area contributed by atoms with E-state index in [9.17, 15) is 8.78 Å². The highest BCUT2D eigenvalue weighted by Gasteiger charge is 2.47. The lowest BCUT2D eigenvalue weighted by Crippen LogP contribution is -2.38. The summed E-state index contributed by atoms with van der Waals surface area (Å²) in [4.78, 5) is 0. The minimum atomic E-state index is -0.714. The molecular formula is C24H39F2NO4. The van der Waals surface area contributed by atoms with Gasteiger partial charge < -0.3 is 24.7 Å². The highest BCUT2D eigenvalue weighted by molar-refractivity contribution is 5.30. The summed E-state index contributed by atoms with van der Waals surface area (Å²) in [6, 6.07) is 2.33. The van der Waals surface area contributed by atoms with Gasteiger partial charge in [-0.05, 0) is 25.3 Å². The zero-order valence-electron chi connectivity index (χ0n) is 19.2. The molecular weight excluding hydrogens is 404 g/mol. The van der Waals surface area contributed by atoms with E-state index in [-0.39, 0.29) is 23.8 Å². The van der Waals surface area contributed by atoms with Crippen molar-refractivity contribution in [2.75, 3.05) is 26.4 Å². The van der Waals surface area contributed by atoms with Gasteiger partial charge >= 0.3 is 0 Å². The maximum Gasteiger partial charge on any atom is 0.132 e. The normalized spacial score (nSPS) is 23.5. The summed E-state index contributed by atoms with van der Waals surface area (Å²) >= 11 is 0. The first kappa shape index (κ1) is 26.1. The third-order valence-corrected chi connectivity index (χ3v) is 5.54. The predicted molar refractivity (Wildman–Crippen MR) is 117 cm³/mol. The average molecular weight is 444 g/mol. The average Bonchev–Trinajstić information content (AvgIpc) is 3.09. The molecule has 2 N–H and O–H groups in total. The van der Waals surface area contributed by atoms with Crippen LogP contribution in [0.3, 0.4) is 0 Å². The summed E-state index contributed by atoms with van der Waals surface area (Å²) in [5.41, 5.74) is 6.15. The van der Waals surface area contributed by atoms with E-state index in [1.54, 1.807) is 0 Å². The standard InChI is InChI=1S/C24H39F2NO4/c1-4-7-10-28-16-21-23(29-11-8-5-2)24(30-12-9-6-3)22(31-21)18-13-17(15-27)19(25)14-20(18)26/h13-14,21-24H,4-12,15-16,27H2,1-3H3/t21-,22+,23+,24?/m1/s1. The van der Waals surface area contributed by atoms with Gasteiger partial charge in [-0.25, -0.2) is 8.78 Å². The second-order valence-corrected chi connectivity index (χ2v) is 8.07. The SMILES string of the molecule is CCCCOC[C@H]1O[C@@H](c2cc(CN)c(F)cc2F)C(OCCCC)[C@H]1OCCCC. The van der Waals surface area contributed by atoms with Gasteiger partial charge in [-0.1, -0.05) is 40.0 Å². The molecule has 31 heavy (non-hydrogen) atoms. The molecule has 1 aliphatic heterocycles. The molecule has 1 aliphatic rings. The molecule has 0 bridgehead atoms. The van der Waals surface area contributed by atoms with Crippen LogP contribution in [0.25, 0.3) is 0 Å². The summed E-state index contributed by atoms with van der Waals surface area (Å²) in [6.07, 6.45) is 3.76. The van der Waals surface area contributed by atoms with Crippen LogP contribution in [0.15, 0.2) is 12.1 Å². The zero-order valence-corrected chi connectivity index (χ0v) is 19.2. The highest BCUT2D eigenvalue weighted by atomic mass is 19.1. The van der Waals surface area contributed by atoms with E-state index in [2.05, 4.69) is 20.8 Å². The van der Waals surface area contributed by atoms with E-state index in [0.717, 1.165) is 44.6 Å². The Balaban J connectivity index is 2.29. The van der Waals surface area contributed by atoms with Crippen LogP contribution in [0, 0.1) is 11.6 Å². The maximum absolute atomic E-state index is 14.8. The van der Waals surface area contributed by atoms with Crippen molar-refractivity contribution in [3.05, 3.63) is 34.9 Å². The van der Waals surface area contributed by atoms with E-state index < -0.39 is 29.9 Å². The molecule has 0 aromatic heterocycles. The lowest BCUT2D eigenvalue weighted by atomic mass is 9.98. The van der Waals surface area contributed by atoms with Crippen molar-refractivity contribution < 1.29 is 27.7 Å². The number of halogens is 2. The van der Waals surface area contributed by atoms with Gasteiger partial charge in [-0.3, -0.25) is 0 Å². The zero-order chi connectivity index (χ0) is 22.6. The molecule has 0 spiro atoms. The first-order valence-electron chi connectivity index (χ1n) is 11.7. The molecule has 1 aromatic rings. The lowest BCUT2D eigenvalue weighted by Gasteiger charge is -2.25. The molecule has 1 unspecified atom stereocenters. The number of unbranched alkanes of at least 4 members (excludes halogenated alkanes) is 3. The number of hydrogen-bond acceptors (Lipinski definition) is 5. The molecule has 178 valence electrons. The first-order chi connectivity index (χ1) is 15.1. The fraction of sp³-hybridized carbons (Fsp3) is 0.750. The van der Waals surface area contributed by atoms with Gasteiger partial charge in [-0.15, -0.1) is 0 Å². The molecule has 0 saturated carbocycles. The Morgan fingerprint density at radius 2 is 1.48 bits per heavy atom. The molecule has 1 fully saturated rings. The van der Waals surface area contributed by atoms with Crippen LogP contribution in [0.2, 0.25) is 0 Å². The van der Waals surface area contributed by atoms with Crippen LogP contribution in [0.4, 0.5) is 8.78 Å². The summed E-state index contributed by atoms with van der Waals surface area (Å²) in [7, 11) is 0. The monoisotopic (exact) mass is 443 g/mol. The van der Waals surface area contributed by atoms with Gasteiger partial charge in [0.05, 0.1) is 6.61 Å². The smallest absolute Gasteiger partial charge is 0.132 e. The molecule has 4 atom stereocenters. The number of rotatable bonds is 15. The second kappa shape index (κ2) is 14.1. The molecule has 7 heteroatoms. The van der Waals surface area contributed by atoms with Crippen LogP contribution >= 0.6 is 0 Å². The van der Waals surface area contributed by atoms with E-state index in [1.165, 1.54) is 6.07 Å². The molecule has 1 saturated heterocycles. The maximum atomic E-state index is 14.8. The first-order valence-corrected chi connectivity index (χ1v) is 11.7. The van der Waals surface area contributed by atoms with Crippen molar-refractivity contribution in [2.45, 2.75) is 90.3 Å². The molecule has 0 radical (unpaired) electrons. The number of nitrogens with two attached hydrogens (primary N) is 1. The van der Waals surface area contributed by atoms with Crippen molar-refractivity contribution >= 4 is 0 Å². The number of benzene rings is 1. The molecule has 5 nitrogen and oxygen atoms in total. The van der Waals surface area contributed by atoms with Crippen molar-refractivity contribution in [3.63, 3.8) is 0 Å². The molecule has 0 aliphatic carbocycles. The topological polar surface area (TPSA) is 62.9 Å². The molecule has 2 rings (SSSR count). The van der Waals surface area contributed by atoms with Crippen molar-refractivity contribution in [1.29, 1.82) is 0 Å². The van der Waals surface area contributed by atoms with Crippen LogP contribution in [-0.4, -0.2) is 44.7 Å². The fourth-order valence-electron chi connectivity index (χ4n) is 3.66. The van der Waals surface area contributed by atoms with E-state index in [0.29, 0.717) is 26.4 Å². The number of ether oxygens (including phenoxy) is 4. The van der Waals surface area contributed by atoms with Gasteiger partial charge in [0.15, 0.2) is 0 Å². The fourth-order valence-corrected chi connectivity index (χ4v) is 3.66. The van der Waals surface area contributed by atoms with Crippen LogP contribution in [-0.2, 0) is 25.5 Å². The van der Waals surface area contributed by atoms with Crippen molar-refractivity contribution in [1.82, 2.24) is 0 Å². The Labute approximate surface area is 185 Å². The largest absolute Gasteiger partial charge is 0.379 e. The third-order valence-electron chi connectivity index (χ3n) is 5.54. The summed E-state index contributed by atoms with van der Waals surface area (Å²) in [6.45, 7) is 8.32. The van der Waals surface area contributed by atoms with Crippen LogP contribution in [0.1, 0.15) is 76.5 Å². The Morgan fingerprint density at radius 3 is 2.10 bits per heavy atom. The van der Waals surface area contributed by atoms with Crippen molar-refractivity contribution in [3.8, 4) is 0 Å². The van der Waals surface area contributed by atoms with Crippen LogP contribution < -0.4 is 5.73 Å². The van der Waals surface area contributed by atoms with Gasteiger partial charge in [-0.2, -0.15) is 0 Å². The summed E-state index contributed by atoms with van der Waals surface area (Å²) in [5.74, 6) is -1.32. The number of hydrogen-bond donors (Lipinski definition) is 1. The van der Waals surface area contributed by atoms with E-state index in [1.807, 2.05) is 0 Å². The summed E-state index contributed by atoms with van der Waals surface area (Å²) in [5, 5.41) is 0. The second-order valence-electron chi connectivity index (χ2n) is 8.07. The minimum absolute atomic E-state index is 0.0207. The van der Waals surface area contributed by atoms with E-state index >= 15 is 0 Å². The Hall–Kier alpha value is -1.12. The molecule has 1 heterocycles. The Kier molecular flexibility index (Phi) is 11.9. The third kappa shape index (κ3) is 7.46. The molecule has 0 amide bonds. The highest BCUT2D eigenvalue weighted by Crippen LogP contribution is 2.39. The van der Waals surface area contributed by atoms with Crippen molar-refractivity contribution in [2.24, 2.45) is 5.73 Å².